The molecule has 0 saturated heterocycles. The van der Waals surface area contributed by atoms with Crippen molar-refractivity contribution in [3.05, 3.63) is 17.5 Å². The SMILES string of the molecule is CCOC(=O)c1cnn(C)c1CSCCN(C)C. The molecule has 0 aliphatic heterocycles. The first-order valence-electron chi connectivity index (χ1n) is 5.96. The van der Waals surface area contributed by atoms with Crippen LogP contribution in [0.3, 0.4) is 0 Å². The molecule has 0 bridgehead atoms. The first kappa shape index (κ1) is 15.0. The Bertz CT molecular complexity index is 391. The van der Waals surface area contributed by atoms with Gasteiger partial charge in [-0.25, -0.2) is 4.79 Å². The molecule has 0 fully saturated rings. The van der Waals surface area contributed by atoms with Gasteiger partial charge >= 0.3 is 5.97 Å². The van der Waals surface area contributed by atoms with Gasteiger partial charge in [0.25, 0.3) is 0 Å². The van der Waals surface area contributed by atoms with Crippen LogP contribution in [0.4, 0.5) is 0 Å². The second kappa shape index (κ2) is 7.43. The monoisotopic (exact) mass is 271 g/mol. The largest absolute Gasteiger partial charge is 0.462 e. The Hall–Kier alpha value is -1.01. The van der Waals surface area contributed by atoms with E-state index < -0.39 is 0 Å². The number of hydrogen-bond donors (Lipinski definition) is 0. The molecule has 0 aliphatic rings. The van der Waals surface area contributed by atoms with Crippen LogP contribution >= 0.6 is 11.8 Å². The summed E-state index contributed by atoms with van der Waals surface area (Å²) < 4.78 is 6.76. The first-order chi connectivity index (χ1) is 8.56. The highest BCUT2D eigenvalue weighted by Crippen LogP contribution is 2.17. The van der Waals surface area contributed by atoms with Gasteiger partial charge in [-0.15, -0.1) is 0 Å². The van der Waals surface area contributed by atoms with Gasteiger partial charge in [0.05, 0.1) is 18.5 Å². The maximum Gasteiger partial charge on any atom is 0.341 e. The highest BCUT2D eigenvalue weighted by Gasteiger charge is 2.16. The van der Waals surface area contributed by atoms with Gasteiger partial charge in [-0.3, -0.25) is 4.68 Å². The van der Waals surface area contributed by atoms with E-state index in [1.807, 2.05) is 7.05 Å². The van der Waals surface area contributed by atoms with Crippen molar-refractivity contribution in [2.24, 2.45) is 7.05 Å². The summed E-state index contributed by atoms with van der Waals surface area (Å²) in [6, 6.07) is 0. The van der Waals surface area contributed by atoms with Crippen LogP contribution in [0.2, 0.25) is 0 Å². The van der Waals surface area contributed by atoms with Gasteiger partial charge in [-0.2, -0.15) is 16.9 Å². The summed E-state index contributed by atoms with van der Waals surface area (Å²) in [5.74, 6) is 1.52. The van der Waals surface area contributed by atoms with Crippen LogP contribution in [0.25, 0.3) is 0 Å². The molecule has 18 heavy (non-hydrogen) atoms. The molecule has 0 unspecified atom stereocenters. The standard InChI is InChI=1S/C12H21N3O2S/c1-5-17-12(16)10-8-13-15(4)11(10)9-18-7-6-14(2)3/h8H,5-7,9H2,1-4H3. The second-order valence-corrected chi connectivity index (χ2v) is 5.31. The first-order valence-corrected chi connectivity index (χ1v) is 7.12. The normalized spacial score (nSPS) is 10.9. The van der Waals surface area contributed by atoms with Gasteiger partial charge in [0.2, 0.25) is 0 Å². The number of nitrogens with zero attached hydrogens (tertiary/aromatic N) is 3. The maximum atomic E-state index is 11.7. The second-order valence-electron chi connectivity index (χ2n) is 4.20. The van der Waals surface area contributed by atoms with Crippen molar-refractivity contribution in [1.29, 1.82) is 0 Å². The predicted molar refractivity (Wildman–Crippen MR) is 73.9 cm³/mol. The number of hydrogen-bond acceptors (Lipinski definition) is 5. The van der Waals surface area contributed by atoms with Gasteiger partial charge in [0.1, 0.15) is 5.56 Å². The number of carbonyl (C=O) groups excluding carboxylic acids is 1. The highest BCUT2D eigenvalue weighted by atomic mass is 32.2. The van der Waals surface area contributed by atoms with Crippen molar-refractivity contribution >= 4 is 17.7 Å². The van der Waals surface area contributed by atoms with E-state index in [0.717, 1.165) is 23.7 Å². The molecule has 0 N–H and O–H groups in total. The van der Waals surface area contributed by atoms with E-state index in [2.05, 4.69) is 24.1 Å². The number of rotatable bonds is 7. The Balaban J connectivity index is 2.58. The molecule has 1 aromatic heterocycles. The van der Waals surface area contributed by atoms with Crippen LogP contribution < -0.4 is 0 Å². The average Bonchev–Trinajstić information content (AvgIpc) is 2.66. The third kappa shape index (κ3) is 4.34. The lowest BCUT2D eigenvalue weighted by Gasteiger charge is -2.09. The zero-order valence-corrected chi connectivity index (χ0v) is 12.3. The Morgan fingerprint density at radius 1 is 1.56 bits per heavy atom. The van der Waals surface area contributed by atoms with Crippen LogP contribution in [0.5, 0.6) is 0 Å². The Morgan fingerprint density at radius 3 is 2.89 bits per heavy atom. The molecule has 0 atom stereocenters. The van der Waals surface area contributed by atoms with Crippen LogP contribution in [-0.2, 0) is 17.5 Å². The van der Waals surface area contributed by atoms with Gasteiger partial charge in [0, 0.05) is 25.1 Å². The van der Waals surface area contributed by atoms with Crippen LogP contribution in [0.1, 0.15) is 23.0 Å². The molecule has 0 aliphatic carbocycles. The lowest BCUT2D eigenvalue weighted by atomic mass is 10.3. The molecule has 6 heteroatoms. The summed E-state index contributed by atoms with van der Waals surface area (Å²) >= 11 is 1.79. The predicted octanol–water partition coefficient (Wildman–Crippen LogP) is 1.39. The minimum Gasteiger partial charge on any atom is -0.462 e. The van der Waals surface area contributed by atoms with Crippen molar-refractivity contribution in [3.8, 4) is 0 Å². The topological polar surface area (TPSA) is 47.4 Å². The smallest absolute Gasteiger partial charge is 0.341 e. The molecule has 0 aromatic carbocycles. The molecule has 0 spiro atoms. The lowest BCUT2D eigenvalue weighted by Crippen LogP contribution is -2.15. The Kier molecular flexibility index (Phi) is 6.21. The summed E-state index contributed by atoms with van der Waals surface area (Å²) in [4.78, 5) is 13.9. The van der Waals surface area contributed by atoms with Crippen molar-refractivity contribution in [3.63, 3.8) is 0 Å². The number of aryl methyl sites for hydroxylation is 1. The minimum atomic E-state index is -0.284. The molecule has 5 nitrogen and oxygen atoms in total. The van der Waals surface area contributed by atoms with E-state index in [1.165, 1.54) is 0 Å². The summed E-state index contributed by atoms with van der Waals surface area (Å²) in [5, 5.41) is 4.13. The molecular weight excluding hydrogens is 250 g/mol. The van der Waals surface area contributed by atoms with Crippen molar-refractivity contribution in [2.75, 3.05) is 33.0 Å². The fourth-order valence-electron chi connectivity index (χ4n) is 1.43. The highest BCUT2D eigenvalue weighted by molar-refractivity contribution is 7.98. The molecular formula is C12H21N3O2S. The fraction of sp³-hybridized carbons (Fsp3) is 0.667. The van der Waals surface area contributed by atoms with Gasteiger partial charge in [-0.1, -0.05) is 0 Å². The van der Waals surface area contributed by atoms with Gasteiger partial charge < -0.3 is 9.64 Å². The summed E-state index contributed by atoms with van der Waals surface area (Å²) in [5.41, 5.74) is 1.51. The number of thioether (sulfide) groups is 1. The van der Waals surface area contributed by atoms with E-state index in [0.29, 0.717) is 12.2 Å². The minimum absolute atomic E-state index is 0.284. The van der Waals surface area contributed by atoms with E-state index in [-0.39, 0.29) is 5.97 Å². The molecule has 1 rings (SSSR count). The number of aromatic nitrogens is 2. The summed E-state index contributed by atoms with van der Waals surface area (Å²) in [7, 11) is 5.95. The molecule has 1 aromatic rings. The summed E-state index contributed by atoms with van der Waals surface area (Å²) in [6.45, 7) is 3.22. The molecule has 102 valence electrons. The van der Waals surface area contributed by atoms with Gasteiger partial charge in [-0.05, 0) is 21.0 Å². The Labute approximate surface area is 112 Å². The van der Waals surface area contributed by atoms with Crippen molar-refractivity contribution in [2.45, 2.75) is 12.7 Å². The Morgan fingerprint density at radius 2 is 2.28 bits per heavy atom. The molecule has 0 saturated carbocycles. The van der Waals surface area contributed by atoms with E-state index in [9.17, 15) is 4.79 Å². The zero-order chi connectivity index (χ0) is 13.5. The molecule has 0 amide bonds. The number of carbonyl (C=O) groups is 1. The van der Waals surface area contributed by atoms with Crippen LogP contribution in [0, 0.1) is 0 Å². The fourth-order valence-corrected chi connectivity index (χ4v) is 2.60. The van der Waals surface area contributed by atoms with Crippen molar-refractivity contribution < 1.29 is 9.53 Å². The van der Waals surface area contributed by atoms with E-state index >= 15 is 0 Å². The third-order valence-corrected chi connectivity index (χ3v) is 3.43. The number of esters is 1. The van der Waals surface area contributed by atoms with Crippen LogP contribution in [0.15, 0.2) is 6.20 Å². The van der Waals surface area contributed by atoms with Crippen LogP contribution in [-0.4, -0.2) is 53.6 Å². The van der Waals surface area contributed by atoms with E-state index in [1.54, 1.807) is 29.6 Å². The van der Waals surface area contributed by atoms with Crippen molar-refractivity contribution in [1.82, 2.24) is 14.7 Å². The zero-order valence-electron chi connectivity index (χ0n) is 11.5. The quantitative estimate of drug-likeness (QED) is 0.554. The number of ether oxygens (including phenoxy) is 1. The van der Waals surface area contributed by atoms with E-state index in [4.69, 9.17) is 4.74 Å². The van der Waals surface area contributed by atoms with Gasteiger partial charge in [0.15, 0.2) is 0 Å². The molecule has 0 radical (unpaired) electrons. The average molecular weight is 271 g/mol. The summed E-state index contributed by atoms with van der Waals surface area (Å²) in [6.07, 6.45) is 1.58. The molecule has 1 heterocycles. The lowest BCUT2D eigenvalue weighted by molar-refractivity contribution is 0.0525. The third-order valence-electron chi connectivity index (χ3n) is 2.48. The maximum absolute atomic E-state index is 11.7.